The van der Waals surface area contributed by atoms with Crippen molar-refractivity contribution in [2.24, 2.45) is 0 Å². The maximum atomic E-state index is 11.5. The molecule has 0 N–H and O–H groups in total. The molecule has 7 heteroatoms. The first-order chi connectivity index (χ1) is 5.41. The van der Waals surface area contributed by atoms with Gasteiger partial charge in [0.2, 0.25) is 0 Å². The van der Waals surface area contributed by atoms with Crippen molar-refractivity contribution in [2.75, 3.05) is 0 Å². The van der Waals surface area contributed by atoms with Gasteiger partial charge < -0.3 is 13.0 Å². The zero-order valence-corrected chi connectivity index (χ0v) is 13.7. The summed E-state index contributed by atoms with van der Waals surface area (Å²) in [5.41, 5.74) is 0. The molecule has 0 aliphatic carbocycles. The Balaban J connectivity index is 0. The molecule has 0 aromatic heterocycles. The van der Waals surface area contributed by atoms with Crippen LogP contribution in [0.25, 0.3) is 0 Å². The third-order valence-electron chi connectivity index (χ3n) is 1.04. The van der Waals surface area contributed by atoms with Crippen molar-refractivity contribution in [1.29, 1.82) is 0 Å². The van der Waals surface area contributed by atoms with Gasteiger partial charge in [0.15, 0.2) is 8.32 Å². The molecule has 14 heavy (non-hydrogen) atoms. The molecular weight excluding hydrogens is 223 g/mol. The molecule has 3 nitrogen and oxygen atoms in total. The summed E-state index contributed by atoms with van der Waals surface area (Å²) in [6.07, 6.45) is 0. The van der Waals surface area contributed by atoms with Crippen molar-refractivity contribution < 1.29 is 31.9 Å². The zero-order valence-electron chi connectivity index (χ0n) is 10.7. The van der Waals surface area contributed by atoms with Gasteiger partial charge in [0.1, 0.15) is 0 Å². The molecule has 0 rings (SSSR count). The topological polar surface area (TPSA) is 41.5 Å². The molecule has 0 atom stereocenters. The normalized spacial score (nSPS) is 13.7. The summed E-state index contributed by atoms with van der Waals surface area (Å²) >= 11 is 0. The fraction of sp³-hybridized carbons (Fsp3) is 1.00. The molecule has 0 heterocycles. The largest absolute Gasteiger partial charge is 1.00 e. The van der Waals surface area contributed by atoms with E-state index in [1.54, 1.807) is 13.1 Å². The van der Waals surface area contributed by atoms with Gasteiger partial charge in [-0.1, -0.05) is 13.1 Å². The SMILES string of the molecule is C[Si](C)(C)O[Si](C)(C)O[Si](C)(C)[O-].[Li+]. The minimum absolute atomic E-state index is 0. The van der Waals surface area contributed by atoms with Gasteiger partial charge in [0.05, 0.1) is 8.56 Å². The molecule has 0 saturated carbocycles. The van der Waals surface area contributed by atoms with Crippen LogP contribution in [0.15, 0.2) is 0 Å². The summed E-state index contributed by atoms with van der Waals surface area (Å²) in [5.74, 6) is 0. The molecule has 0 radical (unpaired) electrons. The molecule has 0 bridgehead atoms. The van der Waals surface area contributed by atoms with Crippen molar-refractivity contribution in [3.8, 4) is 0 Å². The average molecular weight is 244 g/mol. The Morgan fingerprint density at radius 3 is 1.36 bits per heavy atom. The van der Waals surface area contributed by atoms with E-state index >= 15 is 0 Å². The number of hydrogen-bond donors (Lipinski definition) is 0. The minimum Gasteiger partial charge on any atom is -0.839 e. The van der Waals surface area contributed by atoms with Crippen LogP contribution in [0.4, 0.5) is 0 Å². The third-order valence-corrected chi connectivity index (χ3v) is 9.39. The second kappa shape index (κ2) is 5.45. The Hall–Kier alpha value is 1.13. The van der Waals surface area contributed by atoms with E-state index in [9.17, 15) is 4.80 Å². The molecule has 0 fully saturated rings. The molecule has 0 saturated heterocycles. The van der Waals surface area contributed by atoms with Crippen molar-refractivity contribution in [1.82, 2.24) is 0 Å². The summed E-state index contributed by atoms with van der Waals surface area (Å²) in [7, 11) is -6.42. The molecule has 0 spiro atoms. The van der Waals surface area contributed by atoms with Gasteiger partial charge in [-0.2, -0.15) is 0 Å². The van der Waals surface area contributed by atoms with Crippen LogP contribution in [0.1, 0.15) is 0 Å². The fourth-order valence-electron chi connectivity index (χ4n) is 1.35. The van der Waals surface area contributed by atoms with Crippen LogP contribution in [0.2, 0.25) is 45.8 Å². The summed E-state index contributed by atoms with van der Waals surface area (Å²) in [6.45, 7) is 13.6. The van der Waals surface area contributed by atoms with Crippen LogP contribution in [0.3, 0.4) is 0 Å². The first kappa shape index (κ1) is 17.5. The standard InChI is InChI=1S/C7H21O3Si3.Li/c1-11(2,3)9-13(6,7)10-12(4,5)8;/h1-7H3;/q-1;+1. The Kier molecular flexibility index (Phi) is 6.83. The Morgan fingerprint density at radius 2 is 1.14 bits per heavy atom. The van der Waals surface area contributed by atoms with Crippen LogP contribution in [0.5, 0.6) is 0 Å². The maximum absolute atomic E-state index is 11.5. The molecular formula is C7H21LiO3Si3. The van der Waals surface area contributed by atoms with Crippen molar-refractivity contribution >= 4 is 25.4 Å². The van der Waals surface area contributed by atoms with Crippen molar-refractivity contribution in [3.63, 3.8) is 0 Å². The third kappa shape index (κ3) is 11.2. The summed E-state index contributed by atoms with van der Waals surface area (Å²) in [4.78, 5) is 11.5. The van der Waals surface area contributed by atoms with E-state index in [2.05, 4.69) is 19.6 Å². The van der Waals surface area contributed by atoms with Gasteiger partial charge in [0.25, 0.3) is 0 Å². The quantitative estimate of drug-likeness (QED) is 0.573. The van der Waals surface area contributed by atoms with E-state index in [0.29, 0.717) is 0 Å². The second-order valence-corrected chi connectivity index (χ2v) is 16.6. The van der Waals surface area contributed by atoms with Crippen LogP contribution in [0, 0.1) is 0 Å². The summed E-state index contributed by atoms with van der Waals surface area (Å²) < 4.78 is 11.4. The van der Waals surface area contributed by atoms with E-state index in [1.165, 1.54) is 0 Å². The smallest absolute Gasteiger partial charge is 0.839 e. The van der Waals surface area contributed by atoms with E-state index in [0.717, 1.165) is 0 Å². The first-order valence-electron chi connectivity index (χ1n) is 4.52. The van der Waals surface area contributed by atoms with Crippen molar-refractivity contribution in [2.45, 2.75) is 45.8 Å². The average Bonchev–Trinajstić information content (AvgIpc) is 1.43. The minimum atomic E-state index is -2.68. The number of rotatable bonds is 4. The van der Waals surface area contributed by atoms with Gasteiger partial charge >= 0.3 is 27.4 Å². The van der Waals surface area contributed by atoms with Crippen LogP contribution in [-0.4, -0.2) is 25.4 Å². The Morgan fingerprint density at radius 1 is 0.786 bits per heavy atom. The van der Waals surface area contributed by atoms with Crippen LogP contribution in [-0.2, 0) is 8.23 Å². The molecule has 0 aliphatic rings. The first-order valence-corrected chi connectivity index (χ1v) is 13.6. The predicted molar refractivity (Wildman–Crippen MR) is 60.5 cm³/mol. The van der Waals surface area contributed by atoms with E-state index in [1.807, 2.05) is 13.1 Å². The fourth-order valence-corrected chi connectivity index (χ4v) is 12.5. The summed E-state index contributed by atoms with van der Waals surface area (Å²) in [6, 6.07) is 0. The predicted octanol–water partition coefficient (Wildman–Crippen LogP) is -1.38. The van der Waals surface area contributed by atoms with Gasteiger partial charge in [-0.05, 0) is 32.7 Å². The number of hydrogen-bond acceptors (Lipinski definition) is 3. The van der Waals surface area contributed by atoms with Gasteiger partial charge in [-0.3, -0.25) is 0 Å². The molecule has 0 aromatic carbocycles. The van der Waals surface area contributed by atoms with Crippen LogP contribution < -0.4 is 23.7 Å². The van der Waals surface area contributed by atoms with Crippen molar-refractivity contribution in [3.05, 3.63) is 0 Å². The van der Waals surface area contributed by atoms with Gasteiger partial charge in [-0.25, -0.2) is 0 Å². The van der Waals surface area contributed by atoms with Gasteiger partial charge in [-0.15, -0.1) is 0 Å². The molecule has 0 amide bonds. The van der Waals surface area contributed by atoms with E-state index in [-0.39, 0.29) is 18.9 Å². The molecule has 80 valence electrons. The summed E-state index contributed by atoms with van der Waals surface area (Å²) in [5, 5.41) is 0. The van der Waals surface area contributed by atoms with Crippen LogP contribution >= 0.6 is 0 Å². The Bertz CT molecular complexity index is 156. The monoisotopic (exact) mass is 244 g/mol. The maximum Gasteiger partial charge on any atom is 1.00 e. The molecule has 0 unspecified atom stereocenters. The molecule has 0 aliphatic heterocycles. The van der Waals surface area contributed by atoms with E-state index < -0.39 is 25.4 Å². The zero-order chi connectivity index (χ0) is 10.9. The Labute approximate surface area is 103 Å². The molecule has 0 aromatic rings. The van der Waals surface area contributed by atoms with Gasteiger partial charge in [0, 0.05) is 0 Å². The second-order valence-electron chi connectivity index (χ2n) is 5.12. The van der Waals surface area contributed by atoms with E-state index in [4.69, 9.17) is 8.23 Å².